The summed E-state index contributed by atoms with van der Waals surface area (Å²) in [6.45, 7) is 5.34. The molecule has 144 valence electrons. The van der Waals surface area contributed by atoms with E-state index in [-0.39, 0.29) is 11.9 Å². The Morgan fingerprint density at radius 1 is 1.11 bits per heavy atom. The summed E-state index contributed by atoms with van der Waals surface area (Å²) in [4.78, 5) is 14.8. The van der Waals surface area contributed by atoms with Crippen molar-refractivity contribution in [3.8, 4) is 11.5 Å². The summed E-state index contributed by atoms with van der Waals surface area (Å²) < 4.78 is 10.9. The smallest absolute Gasteiger partial charge is 0.238 e. The minimum Gasteiger partial charge on any atom is -0.497 e. The molecule has 0 bridgehead atoms. The van der Waals surface area contributed by atoms with Gasteiger partial charge in [-0.3, -0.25) is 9.69 Å². The molecule has 0 aliphatic carbocycles. The zero-order valence-corrected chi connectivity index (χ0v) is 16.5. The second kappa shape index (κ2) is 8.44. The first-order valence-electron chi connectivity index (χ1n) is 9.34. The molecular formula is C22H28N2O3. The Labute approximate surface area is 161 Å². The first kappa shape index (κ1) is 19.2. The van der Waals surface area contributed by atoms with Crippen molar-refractivity contribution in [1.82, 2.24) is 4.90 Å². The summed E-state index contributed by atoms with van der Waals surface area (Å²) in [7, 11) is 3.32. The van der Waals surface area contributed by atoms with Gasteiger partial charge in [0.15, 0.2) is 0 Å². The molecule has 27 heavy (non-hydrogen) atoms. The second-order valence-electron chi connectivity index (χ2n) is 7.16. The largest absolute Gasteiger partial charge is 0.497 e. The fraction of sp³-hybridized carbons (Fsp3) is 0.409. The summed E-state index contributed by atoms with van der Waals surface area (Å²) in [6, 6.07) is 12.2. The van der Waals surface area contributed by atoms with E-state index in [1.165, 1.54) is 0 Å². The highest BCUT2D eigenvalue weighted by atomic mass is 16.5. The zero-order chi connectivity index (χ0) is 19.4. The predicted molar refractivity (Wildman–Crippen MR) is 108 cm³/mol. The fourth-order valence-corrected chi connectivity index (χ4v) is 3.89. The van der Waals surface area contributed by atoms with Gasteiger partial charge in [0, 0.05) is 23.4 Å². The zero-order valence-electron chi connectivity index (χ0n) is 16.5. The average molecular weight is 368 g/mol. The van der Waals surface area contributed by atoms with Crippen LogP contribution in [0.25, 0.3) is 0 Å². The van der Waals surface area contributed by atoms with Crippen molar-refractivity contribution in [2.75, 3.05) is 32.6 Å². The van der Waals surface area contributed by atoms with Crippen molar-refractivity contribution < 1.29 is 14.3 Å². The van der Waals surface area contributed by atoms with Crippen LogP contribution >= 0.6 is 0 Å². The number of amides is 1. The first-order valence-corrected chi connectivity index (χ1v) is 9.34. The molecule has 3 rings (SSSR count). The number of carbonyl (C=O) groups is 1. The molecule has 5 nitrogen and oxygen atoms in total. The highest BCUT2D eigenvalue weighted by Crippen LogP contribution is 2.38. The summed E-state index contributed by atoms with van der Waals surface area (Å²) in [5.41, 5.74) is 4.25. The Kier molecular flexibility index (Phi) is 6.01. The van der Waals surface area contributed by atoms with E-state index < -0.39 is 0 Å². The Hall–Kier alpha value is -2.53. The van der Waals surface area contributed by atoms with Gasteiger partial charge in [-0.2, -0.15) is 0 Å². The number of rotatable bonds is 6. The molecule has 1 aliphatic heterocycles. The molecular weight excluding hydrogens is 340 g/mol. The maximum atomic E-state index is 12.6. The maximum absolute atomic E-state index is 12.6. The quantitative estimate of drug-likeness (QED) is 0.834. The highest BCUT2D eigenvalue weighted by Gasteiger charge is 2.29. The third kappa shape index (κ3) is 4.61. The SMILES string of the molecule is COc1ccc([C@@H]2CCCN2CC(=O)Nc2cc(C)cc(C)c2)c(OC)c1. The van der Waals surface area contributed by atoms with Gasteiger partial charge in [0.2, 0.25) is 5.91 Å². The topological polar surface area (TPSA) is 50.8 Å². The minimum atomic E-state index is 0.0133. The van der Waals surface area contributed by atoms with Gasteiger partial charge in [-0.1, -0.05) is 12.1 Å². The van der Waals surface area contributed by atoms with Crippen molar-refractivity contribution in [2.45, 2.75) is 32.7 Å². The van der Waals surface area contributed by atoms with E-state index in [1.54, 1.807) is 14.2 Å². The molecule has 1 aliphatic rings. The molecule has 1 N–H and O–H groups in total. The van der Waals surface area contributed by atoms with E-state index in [1.807, 2.05) is 44.2 Å². The number of hydrogen-bond acceptors (Lipinski definition) is 4. The second-order valence-corrected chi connectivity index (χ2v) is 7.16. The molecule has 5 heteroatoms. The third-order valence-corrected chi connectivity index (χ3v) is 5.02. The third-order valence-electron chi connectivity index (χ3n) is 5.02. The lowest BCUT2D eigenvalue weighted by atomic mass is 10.0. The number of hydrogen-bond donors (Lipinski definition) is 1. The van der Waals surface area contributed by atoms with E-state index in [4.69, 9.17) is 9.47 Å². The standard InChI is InChI=1S/C22H28N2O3/c1-15-10-16(2)12-17(11-15)23-22(25)14-24-9-5-6-20(24)19-8-7-18(26-3)13-21(19)27-4/h7-8,10-13,20H,5-6,9,14H2,1-4H3,(H,23,25)/t20-/m0/s1. The molecule has 0 saturated carbocycles. The van der Waals surface area contributed by atoms with Crippen LogP contribution in [-0.2, 0) is 4.79 Å². The van der Waals surface area contributed by atoms with Crippen molar-refractivity contribution in [3.05, 3.63) is 53.1 Å². The number of aryl methyl sites for hydroxylation is 2. The van der Waals surface area contributed by atoms with Gasteiger partial charge in [-0.05, 0) is 62.6 Å². The summed E-state index contributed by atoms with van der Waals surface area (Å²) >= 11 is 0. The van der Waals surface area contributed by atoms with Crippen LogP contribution in [0.3, 0.4) is 0 Å². The molecule has 0 unspecified atom stereocenters. The Morgan fingerprint density at radius 3 is 2.52 bits per heavy atom. The molecule has 2 aromatic carbocycles. The Morgan fingerprint density at radius 2 is 1.85 bits per heavy atom. The van der Waals surface area contributed by atoms with Crippen LogP contribution in [0, 0.1) is 13.8 Å². The molecule has 0 radical (unpaired) electrons. The Balaban J connectivity index is 1.72. The van der Waals surface area contributed by atoms with Crippen molar-refractivity contribution in [3.63, 3.8) is 0 Å². The Bertz CT molecular complexity index is 799. The van der Waals surface area contributed by atoms with Crippen LogP contribution in [0.5, 0.6) is 11.5 Å². The van der Waals surface area contributed by atoms with Crippen LogP contribution in [0.4, 0.5) is 5.69 Å². The lowest BCUT2D eigenvalue weighted by Gasteiger charge is -2.26. The van der Waals surface area contributed by atoms with Crippen LogP contribution in [0.15, 0.2) is 36.4 Å². The highest BCUT2D eigenvalue weighted by molar-refractivity contribution is 5.92. The van der Waals surface area contributed by atoms with E-state index in [9.17, 15) is 4.79 Å². The summed E-state index contributed by atoms with van der Waals surface area (Å²) in [5, 5.41) is 3.04. The van der Waals surface area contributed by atoms with Crippen LogP contribution in [0.1, 0.15) is 35.6 Å². The fourth-order valence-electron chi connectivity index (χ4n) is 3.89. The molecule has 1 atom stereocenters. The summed E-state index contributed by atoms with van der Waals surface area (Å²) in [6.07, 6.45) is 2.08. The minimum absolute atomic E-state index is 0.0133. The number of nitrogens with one attached hydrogen (secondary N) is 1. The van der Waals surface area contributed by atoms with E-state index in [0.717, 1.165) is 53.3 Å². The molecule has 2 aromatic rings. The monoisotopic (exact) mass is 368 g/mol. The van der Waals surface area contributed by atoms with E-state index in [2.05, 4.69) is 16.3 Å². The number of nitrogens with zero attached hydrogens (tertiary/aromatic N) is 1. The number of benzene rings is 2. The van der Waals surface area contributed by atoms with Gasteiger partial charge in [0.25, 0.3) is 0 Å². The van der Waals surface area contributed by atoms with Crippen molar-refractivity contribution >= 4 is 11.6 Å². The maximum Gasteiger partial charge on any atom is 0.238 e. The molecule has 1 amide bonds. The van der Waals surface area contributed by atoms with E-state index >= 15 is 0 Å². The van der Waals surface area contributed by atoms with Crippen LogP contribution in [-0.4, -0.2) is 38.1 Å². The molecule has 0 spiro atoms. The lowest BCUT2D eigenvalue weighted by molar-refractivity contribution is -0.117. The van der Waals surface area contributed by atoms with Gasteiger partial charge in [-0.15, -0.1) is 0 Å². The predicted octanol–water partition coefficient (Wildman–Crippen LogP) is 4.10. The molecule has 1 fully saturated rings. The molecule has 1 saturated heterocycles. The van der Waals surface area contributed by atoms with Gasteiger partial charge < -0.3 is 14.8 Å². The van der Waals surface area contributed by atoms with Gasteiger partial charge in [0.05, 0.1) is 20.8 Å². The number of ether oxygens (including phenoxy) is 2. The van der Waals surface area contributed by atoms with E-state index in [0.29, 0.717) is 6.54 Å². The van der Waals surface area contributed by atoms with Crippen LogP contribution in [0.2, 0.25) is 0 Å². The van der Waals surface area contributed by atoms with Gasteiger partial charge >= 0.3 is 0 Å². The van der Waals surface area contributed by atoms with Crippen molar-refractivity contribution in [1.29, 1.82) is 0 Å². The lowest BCUT2D eigenvalue weighted by Crippen LogP contribution is -2.33. The van der Waals surface area contributed by atoms with Crippen molar-refractivity contribution in [2.24, 2.45) is 0 Å². The molecule has 1 heterocycles. The number of methoxy groups -OCH3 is 2. The summed E-state index contributed by atoms with van der Waals surface area (Å²) in [5.74, 6) is 1.59. The molecule has 0 aromatic heterocycles. The number of anilines is 1. The number of carbonyl (C=O) groups excluding carboxylic acids is 1. The van der Waals surface area contributed by atoms with Gasteiger partial charge in [0.1, 0.15) is 11.5 Å². The van der Waals surface area contributed by atoms with Gasteiger partial charge in [-0.25, -0.2) is 0 Å². The average Bonchev–Trinajstić information content (AvgIpc) is 3.07. The first-order chi connectivity index (χ1) is 13.0. The number of likely N-dealkylation sites (tertiary alicyclic amines) is 1. The van der Waals surface area contributed by atoms with Crippen LogP contribution < -0.4 is 14.8 Å². The normalized spacial score (nSPS) is 17.0.